The van der Waals surface area contributed by atoms with Crippen LogP contribution in [-0.4, -0.2) is 64.7 Å². The predicted octanol–water partition coefficient (Wildman–Crippen LogP) is 4.06. The van der Waals surface area contributed by atoms with Crippen LogP contribution in [0.5, 0.6) is 5.75 Å². The number of carbonyl (C=O) groups excluding carboxylic acids is 1. The van der Waals surface area contributed by atoms with Crippen LogP contribution in [-0.2, 0) is 9.59 Å². The van der Waals surface area contributed by atoms with E-state index >= 15 is 0 Å². The molecule has 2 heterocycles. The monoisotopic (exact) mass is 565 g/mol. The zero-order chi connectivity index (χ0) is 26.2. The molecule has 1 aromatic carbocycles. The van der Waals surface area contributed by atoms with Gasteiger partial charge in [0.05, 0.1) is 12.7 Å². The second-order valence-corrected chi connectivity index (χ2v) is 10.7. The van der Waals surface area contributed by atoms with Gasteiger partial charge in [0.15, 0.2) is 0 Å². The normalized spacial score (nSPS) is 24.1. The quantitative estimate of drug-likeness (QED) is 0.286. The van der Waals surface area contributed by atoms with Gasteiger partial charge in [-0.25, -0.2) is 9.59 Å². The van der Waals surface area contributed by atoms with Crippen molar-refractivity contribution in [1.82, 2.24) is 10.2 Å². The van der Waals surface area contributed by atoms with E-state index in [0.29, 0.717) is 41.2 Å². The zero-order valence-corrected chi connectivity index (χ0v) is 22.2. The molecule has 198 valence electrons. The number of piperidine rings is 1. The molecule has 0 radical (unpaired) electrons. The van der Waals surface area contributed by atoms with Gasteiger partial charge in [0, 0.05) is 53.0 Å². The smallest absolute Gasteiger partial charge is 0.328 e. The minimum atomic E-state index is -1.26. The number of ether oxygens (including phenoxy) is 1. The summed E-state index contributed by atoms with van der Waals surface area (Å²) in [4.78, 5) is 34.8. The molecule has 2 unspecified atom stereocenters. The lowest BCUT2D eigenvalue weighted by Gasteiger charge is -2.41. The van der Waals surface area contributed by atoms with Crippen LogP contribution in [0.15, 0.2) is 28.8 Å². The molecule has 5 N–H and O–H groups in total. The number of hydrogen-bond donors (Lipinski definition) is 4. The lowest BCUT2D eigenvalue weighted by Crippen LogP contribution is -2.51. The van der Waals surface area contributed by atoms with Gasteiger partial charge in [-0.15, -0.1) is 0 Å². The summed E-state index contributed by atoms with van der Waals surface area (Å²) >= 11 is 3.42. The molecule has 10 heteroatoms. The number of nitrogens with zero attached hydrogens (tertiary/aromatic N) is 1. The van der Waals surface area contributed by atoms with Crippen molar-refractivity contribution >= 4 is 39.5 Å². The van der Waals surface area contributed by atoms with Crippen LogP contribution >= 0.6 is 15.9 Å². The van der Waals surface area contributed by atoms with Gasteiger partial charge in [-0.05, 0) is 66.4 Å². The third-order valence-electron chi connectivity index (χ3n) is 7.35. The number of fused-ring (bicyclic) bond motifs is 2. The highest BCUT2D eigenvalue weighted by Gasteiger charge is 2.41. The first-order valence-electron chi connectivity index (χ1n) is 12.5. The first kappa shape index (κ1) is 28.0. The van der Waals surface area contributed by atoms with Crippen molar-refractivity contribution < 1.29 is 29.3 Å². The standard InChI is InChI=1S/C22H32BrN3O2.C4H4O4/c1-28-21-12-20(24)19(23)11-18(21)22(27)25-15-9-16-7-8-17(10-15)26(16)13-14-5-3-2-4-6-14;5-3(6)1-2-4(7)8/h11-12,14-17H,2-10,13,24H2,1H3,(H,25,27);1-2H,(H,5,6)(H,7,8)/b;2-1+. The number of methoxy groups -OCH3 is 1. The molecule has 2 bridgehead atoms. The molecular weight excluding hydrogens is 530 g/mol. The number of carboxylic acid groups (broad SMARTS) is 2. The van der Waals surface area contributed by atoms with Crippen molar-refractivity contribution in [2.45, 2.75) is 75.9 Å². The van der Waals surface area contributed by atoms with Gasteiger partial charge in [-0.2, -0.15) is 0 Å². The van der Waals surface area contributed by atoms with E-state index in [-0.39, 0.29) is 11.9 Å². The van der Waals surface area contributed by atoms with Crippen LogP contribution in [0.2, 0.25) is 0 Å². The summed E-state index contributed by atoms with van der Waals surface area (Å²) in [6.45, 7) is 1.27. The Labute approximate surface area is 220 Å². The average Bonchev–Trinajstić information content (AvgIpc) is 3.07. The number of halogens is 1. The van der Waals surface area contributed by atoms with Crippen molar-refractivity contribution in [3.05, 3.63) is 34.3 Å². The Balaban J connectivity index is 0.000000392. The molecular formula is C26H36BrN3O6. The van der Waals surface area contributed by atoms with Crippen molar-refractivity contribution in [2.24, 2.45) is 5.92 Å². The molecule has 3 aliphatic rings. The van der Waals surface area contributed by atoms with Crippen LogP contribution in [0.1, 0.15) is 68.1 Å². The molecule has 36 heavy (non-hydrogen) atoms. The highest BCUT2D eigenvalue weighted by Crippen LogP contribution is 2.38. The molecule has 4 rings (SSSR count). The summed E-state index contributed by atoms with van der Waals surface area (Å²) in [7, 11) is 1.57. The second-order valence-electron chi connectivity index (χ2n) is 9.81. The maximum atomic E-state index is 12.9. The number of carboxylic acids is 2. The number of anilines is 1. The summed E-state index contributed by atoms with van der Waals surface area (Å²) in [6.07, 6.45) is 12.8. The fourth-order valence-electron chi connectivity index (χ4n) is 5.68. The topological polar surface area (TPSA) is 142 Å². The Morgan fingerprint density at radius 2 is 1.64 bits per heavy atom. The molecule has 2 aliphatic heterocycles. The van der Waals surface area contributed by atoms with Gasteiger partial charge in [-0.3, -0.25) is 9.69 Å². The van der Waals surface area contributed by atoms with Crippen LogP contribution in [0.4, 0.5) is 5.69 Å². The summed E-state index contributed by atoms with van der Waals surface area (Å²) in [6, 6.07) is 4.97. The Kier molecular flexibility index (Phi) is 10.2. The number of amides is 1. The fourth-order valence-corrected chi connectivity index (χ4v) is 6.02. The first-order chi connectivity index (χ1) is 17.2. The number of aliphatic carboxylic acids is 2. The van der Waals surface area contributed by atoms with Crippen LogP contribution in [0, 0.1) is 5.92 Å². The lowest BCUT2D eigenvalue weighted by molar-refractivity contribution is -0.134. The molecule has 1 aliphatic carbocycles. The second kappa shape index (κ2) is 13.1. The van der Waals surface area contributed by atoms with E-state index in [4.69, 9.17) is 20.7 Å². The summed E-state index contributed by atoms with van der Waals surface area (Å²) in [5.41, 5.74) is 7.04. The van der Waals surface area contributed by atoms with E-state index in [2.05, 4.69) is 26.1 Å². The van der Waals surface area contributed by atoms with E-state index in [1.54, 1.807) is 19.2 Å². The van der Waals surface area contributed by atoms with Gasteiger partial charge >= 0.3 is 11.9 Å². The molecule has 1 amide bonds. The summed E-state index contributed by atoms with van der Waals surface area (Å²) in [5, 5.41) is 18.9. The molecule has 2 atom stereocenters. The molecule has 1 saturated carbocycles. The zero-order valence-electron chi connectivity index (χ0n) is 20.6. The Morgan fingerprint density at radius 3 is 2.17 bits per heavy atom. The number of rotatable bonds is 7. The molecule has 0 spiro atoms. The molecule has 1 aromatic rings. The van der Waals surface area contributed by atoms with E-state index in [9.17, 15) is 14.4 Å². The van der Waals surface area contributed by atoms with Gasteiger partial charge in [0.2, 0.25) is 0 Å². The number of nitrogens with two attached hydrogens (primary N) is 1. The largest absolute Gasteiger partial charge is 0.496 e. The third kappa shape index (κ3) is 7.70. The predicted molar refractivity (Wildman–Crippen MR) is 140 cm³/mol. The molecule has 0 aromatic heterocycles. The third-order valence-corrected chi connectivity index (χ3v) is 8.03. The van der Waals surface area contributed by atoms with Crippen LogP contribution < -0.4 is 15.8 Å². The Hall–Kier alpha value is -2.59. The number of carbonyl (C=O) groups is 3. The first-order valence-corrected chi connectivity index (χ1v) is 13.3. The van der Waals surface area contributed by atoms with Crippen molar-refractivity contribution in [1.29, 1.82) is 0 Å². The maximum Gasteiger partial charge on any atom is 0.328 e. The Morgan fingerprint density at radius 1 is 1.06 bits per heavy atom. The van der Waals surface area contributed by atoms with Crippen molar-refractivity contribution in [3.63, 3.8) is 0 Å². The minimum absolute atomic E-state index is 0.0670. The molecule has 2 saturated heterocycles. The van der Waals surface area contributed by atoms with E-state index in [1.807, 2.05) is 0 Å². The SMILES string of the molecule is COc1cc(N)c(Br)cc1C(=O)NC1CC2CCC(C1)N2CC1CCCCC1.O=C(O)/C=C/C(=O)O. The number of nitrogen functional groups attached to an aromatic ring is 1. The Bertz CT molecular complexity index is 949. The summed E-state index contributed by atoms with van der Waals surface area (Å²) < 4.78 is 6.10. The van der Waals surface area contributed by atoms with Crippen LogP contribution in [0.25, 0.3) is 0 Å². The molecule has 3 fully saturated rings. The van der Waals surface area contributed by atoms with E-state index in [0.717, 1.165) is 23.2 Å². The molecule has 9 nitrogen and oxygen atoms in total. The van der Waals surface area contributed by atoms with E-state index < -0.39 is 11.9 Å². The van der Waals surface area contributed by atoms with Crippen LogP contribution in [0.3, 0.4) is 0 Å². The van der Waals surface area contributed by atoms with Gasteiger partial charge in [-0.1, -0.05) is 19.3 Å². The van der Waals surface area contributed by atoms with Crippen molar-refractivity contribution in [2.75, 3.05) is 19.4 Å². The number of nitrogens with one attached hydrogen (secondary N) is 1. The minimum Gasteiger partial charge on any atom is -0.496 e. The highest BCUT2D eigenvalue weighted by atomic mass is 79.9. The van der Waals surface area contributed by atoms with E-state index in [1.165, 1.54) is 51.5 Å². The fraction of sp³-hybridized carbons (Fsp3) is 0.577. The van der Waals surface area contributed by atoms with Gasteiger partial charge in [0.25, 0.3) is 5.91 Å². The van der Waals surface area contributed by atoms with Gasteiger partial charge in [0.1, 0.15) is 5.75 Å². The van der Waals surface area contributed by atoms with Gasteiger partial charge < -0.3 is 26.0 Å². The lowest BCUT2D eigenvalue weighted by atomic mass is 9.87. The highest BCUT2D eigenvalue weighted by molar-refractivity contribution is 9.10. The van der Waals surface area contributed by atoms with Crippen molar-refractivity contribution in [3.8, 4) is 5.75 Å². The number of benzene rings is 1. The number of hydrogen-bond acceptors (Lipinski definition) is 6. The maximum absolute atomic E-state index is 12.9. The summed E-state index contributed by atoms with van der Waals surface area (Å²) in [5.74, 6) is -1.17. The average molecular weight is 566 g/mol.